The van der Waals surface area contributed by atoms with Gasteiger partial charge in [-0.15, -0.1) is 24.0 Å². The number of hydrogen-bond donors (Lipinski definition) is 2. The maximum absolute atomic E-state index is 9.91. The summed E-state index contributed by atoms with van der Waals surface area (Å²) in [6.45, 7) is 0.353. The van der Waals surface area contributed by atoms with Gasteiger partial charge in [-0.1, -0.05) is 12.1 Å². The molecule has 0 spiro atoms. The summed E-state index contributed by atoms with van der Waals surface area (Å²) in [5.74, 6) is 1.10. The van der Waals surface area contributed by atoms with Crippen molar-refractivity contribution in [3.63, 3.8) is 0 Å². The largest absolute Gasteiger partial charge is 0.504 e. The first-order valence-corrected chi connectivity index (χ1v) is 6.01. The molecule has 0 amide bonds. The smallest absolute Gasteiger partial charge is 0.191 e. The minimum Gasteiger partial charge on any atom is -0.504 e. The SMILES string of the molecule is COc1cccc(CN=C(N)N(C)C2CC2)c1O.I. The van der Waals surface area contributed by atoms with Gasteiger partial charge in [0.2, 0.25) is 0 Å². The molecule has 1 aliphatic carbocycles. The van der Waals surface area contributed by atoms with Gasteiger partial charge in [0.25, 0.3) is 0 Å². The van der Waals surface area contributed by atoms with Crippen molar-refractivity contribution < 1.29 is 9.84 Å². The molecule has 0 aliphatic heterocycles. The van der Waals surface area contributed by atoms with Crippen LogP contribution in [0.2, 0.25) is 0 Å². The molecule has 0 unspecified atom stereocenters. The predicted molar refractivity (Wildman–Crippen MR) is 86.2 cm³/mol. The zero-order valence-corrected chi connectivity index (χ0v) is 13.5. The van der Waals surface area contributed by atoms with Gasteiger partial charge in [-0.2, -0.15) is 0 Å². The van der Waals surface area contributed by atoms with Gasteiger partial charge in [-0.25, -0.2) is 4.99 Å². The van der Waals surface area contributed by atoms with Crippen LogP contribution in [-0.4, -0.2) is 36.2 Å². The third-order valence-corrected chi connectivity index (χ3v) is 3.17. The summed E-state index contributed by atoms with van der Waals surface area (Å²) in [5, 5.41) is 9.91. The van der Waals surface area contributed by atoms with E-state index in [2.05, 4.69) is 4.99 Å². The highest BCUT2D eigenvalue weighted by molar-refractivity contribution is 14.0. The normalized spacial score (nSPS) is 14.7. The van der Waals surface area contributed by atoms with Gasteiger partial charge in [0.05, 0.1) is 13.7 Å². The zero-order valence-electron chi connectivity index (χ0n) is 11.2. The van der Waals surface area contributed by atoms with Crippen molar-refractivity contribution >= 4 is 29.9 Å². The third kappa shape index (κ3) is 3.89. The molecule has 0 aromatic heterocycles. The fourth-order valence-electron chi connectivity index (χ4n) is 1.79. The van der Waals surface area contributed by atoms with Crippen molar-refractivity contribution in [3.8, 4) is 11.5 Å². The molecular weight excluding hydrogens is 357 g/mol. The number of benzene rings is 1. The summed E-state index contributed by atoms with van der Waals surface area (Å²) in [6, 6.07) is 5.88. The van der Waals surface area contributed by atoms with Gasteiger partial charge in [0.1, 0.15) is 0 Å². The monoisotopic (exact) mass is 377 g/mol. The highest BCUT2D eigenvalue weighted by Crippen LogP contribution is 2.30. The number of para-hydroxylation sites is 1. The maximum Gasteiger partial charge on any atom is 0.191 e. The van der Waals surface area contributed by atoms with Crippen LogP contribution in [-0.2, 0) is 6.54 Å². The number of nitrogens with two attached hydrogens (primary N) is 1. The van der Waals surface area contributed by atoms with Gasteiger partial charge in [-0.05, 0) is 18.9 Å². The van der Waals surface area contributed by atoms with Crippen LogP contribution in [0.5, 0.6) is 11.5 Å². The van der Waals surface area contributed by atoms with Gasteiger partial charge in [-0.3, -0.25) is 0 Å². The van der Waals surface area contributed by atoms with Crippen LogP contribution in [0.25, 0.3) is 0 Å². The summed E-state index contributed by atoms with van der Waals surface area (Å²) in [6.07, 6.45) is 2.36. The Bertz CT molecular complexity index is 461. The lowest BCUT2D eigenvalue weighted by molar-refractivity contribution is 0.370. The first-order valence-electron chi connectivity index (χ1n) is 6.01. The minimum atomic E-state index is 0. The molecule has 3 N–H and O–H groups in total. The summed E-state index contributed by atoms with van der Waals surface area (Å²) < 4.78 is 5.05. The second-order valence-electron chi connectivity index (χ2n) is 4.48. The molecule has 1 saturated carbocycles. The number of rotatable bonds is 4. The maximum atomic E-state index is 9.91. The van der Waals surface area contributed by atoms with Crippen LogP contribution < -0.4 is 10.5 Å². The topological polar surface area (TPSA) is 71.1 Å². The van der Waals surface area contributed by atoms with E-state index < -0.39 is 0 Å². The molecule has 0 saturated heterocycles. The second kappa shape index (κ2) is 6.83. The minimum absolute atomic E-state index is 0. The van der Waals surface area contributed by atoms with E-state index in [0.29, 0.717) is 29.9 Å². The Hall–Kier alpha value is -1.18. The van der Waals surface area contributed by atoms with E-state index in [-0.39, 0.29) is 29.7 Å². The average molecular weight is 377 g/mol. The number of halogens is 1. The third-order valence-electron chi connectivity index (χ3n) is 3.17. The second-order valence-corrected chi connectivity index (χ2v) is 4.48. The number of phenols is 1. The van der Waals surface area contributed by atoms with Crippen molar-refractivity contribution in [3.05, 3.63) is 23.8 Å². The number of aromatic hydroxyl groups is 1. The van der Waals surface area contributed by atoms with E-state index in [1.807, 2.05) is 24.1 Å². The first kappa shape index (κ1) is 15.9. The van der Waals surface area contributed by atoms with Gasteiger partial charge < -0.3 is 20.5 Å². The molecule has 106 valence electrons. The van der Waals surface area contributed by atoms with Crippen LogP contribution in [0.3, 0.4) is 0 Å². The molecule has 5 nitrogen and oxygen atoms in total. The van der Waals surface area contributed by atoms with Crippen LogP contribution in [0.15, 0.2) is 23.2 Å². The Morgan fingerprint density at radius 1 is 1.53 bits per heavy atom. The number of methoxy groups -OCH3 is 1. The lowest BCUT2D eigenvalue weighted by atomic mass is 10.2. The molecule has 0 atom stereocenters. The Morgan fingerprint density at radius 3 is 2.79 bits per heavy atom. The summed E-state index contributed by atoms with van der Waals surface area (Å²) in [5.41, 5.74) is 6.60. The van der Waals surface area contributed by atoms with Gasteiger partial charge in [0.15, 0.2) is 17.5 Å². The lowest BCUT2D eigenvalue weighted by Crippen LogP contribution is -2.35. The van der Waals surface area contributed by atoms with Gasteiger partial charge >= 0.3 is 0 Å². The lowest BCUT2D eigenvalue weighted by Gasteiger charge is -2.17. The van der Waals surface area contributed by atoms with E-state index in [0.717, 1.165) is 0 Å². The van der Waals surface area contributed by atoms with E-state index in [9.17, 15) is 5.11 Å². The van der Waals surface area contributed by atoms with Crippen LogP contribution in [0.1, 0.15) is 18.4 Å². The van der Waals surface area contributed by atoms with Crippen molar-refractivity contribution in [2.24, 2.45) is 10.7 Å². The molecule has 1 aromatic rings. The number of ether oxygens (including phenoxy) is 1. The molecular formula is C13H20IN3O2. The number of guanidine groups is 1. The number of phenolic OH excluding ortho intramolecular Hbond substituents is 1. The highest BCUT2D eigenvalue weighted by Gasteiger charge is 2.27. The van der Waals surface area contributed by atoms with E-state index >= 15 is 0 Å². The van der Waals surface area contributed by atoms with Crippen molar-refractivity contribution in [1.82, 2.24) is 4.90 Å². The number of hydrogen-bond acceptors (Lipinski definition) is 3. The highest BCUT2D eigenvalue weighted by atomic mass is 127. The Balaban J connectivity index is 0.00000180. The number of aliphatic imine (C=N–C) groups is 1. The Morgan fingerprint density at radius 2 is 2.21 bits per heavy atom. The van der Waals surface area contributed by atoms with Crippen molar-refractivity contribution in [2.75, 3.05) is 14.2 Å². The Kier molecular flexibility index (Phi) is 5.71. The average Bonchev–Trinajstić information content (AvgIpc) is 3.20. The summed E-state index contributed by atoms with van der Waals surface area (Å²) >= 11 is 0. The van der Waals surface area contributed by atoms with E-state index in [1.165, 1.54) is 20.0 Å². The van der Waals surface area contributed by atoms with Crippen LogP contribution in [0.4, 0.5) is 0 Å². The molecule has 1 aliphatic rings. The predicted octanol–water partition coefficient (Wildman–Crippen LogP) is 1.93. The van der Waals surface area contributed by atoms with Crippen LogP contribution >= 0.6 is 24.0 Å². The summed E-state index contributed by atoms with van der Waals surface area (Å²) in [7, 11) is 3.47. The molecule has 0 heterocycles. The summed E-state index contributed by atoms with van der Waals surface area (Å²) in [4.78, 5) is 6.28. The molecule has 2 rings (SSSR count). The van der Waals surface area contributed by atoms with Crippen LogP contribution in [0, 0.1) is 0 Å². The molecule has 0 bridgehead atoms. The fraction of sp³-hybridized carbons (Fsp3) is 0.462. The molecule has 1 fully saturated rings. The quantitative estimate of drug-likeness (QED) is 0.478. The van der Waals surface area contributed by atoms with E-state index in [4.69, 9.17) is 10.5 Å². The van der Waals surface area contributed by atoms with Crippen molar-refractivity contribution in [1.29, 1.82) is 0 Å². The van der Waals surface area contributed by atoms with Gasteiger partial charge in [0, 0.05) is 18.7 Å². The molecule has 19 heavy (non-hydrogen) atoms. The number of nitrogens with zero attached hydrogens (tertiary/aromatic N) is 2. The molecule has 6 heteroatoms. The standard InChI is InChI=1S/C13H19N3O2.HI/c1-16(10-6-7-10)13(14)15-8-9-4-3-5-11(18-2)12(9)17;/h3-5,10,17H,6-8H2,1-2H3,(H2,14,15);1H. The molecule has 0 radical (unpaired) electrons. The molecule has 1 aromatic carbocycles. The van der Waals surface area contributed by atoms with Crippen molar-refractivity contribution in [2.45, 2.75) is 25.4 Å². The Labute approximate surface area is 130 Å². The zero-order chi connectivity index (χ0) is 13.1. The van der Waals surface area contributed by atoms with E-state index in [1.54, 1.807) is 6.07 Å². The first-order chi connectivity index (χ1) is 8.63. The fourth-order valence-corrected chi connectivity index (χ4v) is 1.79.